The fraction of sp³-hybridized carbons (Fsp3) is 0.706. The molecule has 1 saturated heterocycles. The Morgan fingerprint density at radius 1 is 1.39 bits per heavy atom. The maximum atomic E-state index is 12.3. The first-order valence-corrected chi connectivity index (χ1v) is 8.65. The number of carbonyl (C=O) groups is 2. The summed E-state index contributed by atoms with van der Waals surface area (Å²) in [6.07, 6.45) is 5.30. The van der Waals surface area contributed by atoms with Gasteiger partial charge in [0.05, 0.1) is 0 Å². The molecule has 2 aliphatic rings. The number of rotatable bonds is 5. The van der Waals surface area contributed by atoms with Crippen molar-refractivity contribution in [3.05, 3.63) is 17.5 Å². The van der Waals surface area contributed by atoms with E-state index in [-0.39, 0.29) is 23.9 Å². The zero-order valence-electron chi connectivity index (χ0n) is 13.9. The maximum Gasteiger partial charge on any atom is 0.273 e. The summed E-state index contributed by atoms with van der Waals surface area (Å²) in [7, 11) is 0. The third kappa shape index (κ3) is 3.74. The fourth-order valence-electron chi connectivity index (χ4n) is 3.25. The molecule has 2 amide bonds. The lowest BCUT2D eigenvalue weighted by atomic mass is 9.97. The van der Waals surface area contributed by atoms with Gasteiger partial charge in [-0.05, 0) is 39.0 Å². The van der Waals surface area contributed by atoms with E-state index < -0.39 is 0 Å². The van der Waals surface area contributed by atoms with Gasteiger partial charge in [-0.15, -0.1) is 0 Å². The second-order valence-corrected chi connectivity index (χ2v) is 6.77. The molecule has 2 fully saturated rings. The number of nitrogens with one attached hydrogen (secondary N) is 1. The van der Waals surface area contributed by atoms with Gasteiger partial charge in [-0.1, -0.05) is 12.1 Å². The number of amides is 2. The quantitative estimate of drug-likeness (QED) is 0.904. The van der Waals surface area contributed by atoms with Crippen molar-refractivity contribution in [3.8, 4) is 0 Å². The summed E-state index contributed by atoms with van der Waals surface area (Å²) in [5, 5.41) is 6.91. The molecular formula is C17H25N3O3. The van der Waals surface area contributed by atoms with E-state index in [9.17, 15) is 9.59 Å². The molecule has 0 radical (unpaired) electrons. The monoisotopic (exact) mass is 319 g/mol. The van der Waals surface area contributed by atoms with Crippen LogP contribution >= 0.6 is 0 Å². The van der Waals surface area contributed by atoms with Gasteiger partial charge in [-0.25, -0.2) is 0 Å². The molecule has 0 unspecified atom stereocenters. The number of hydrogen-bond donors (Lipinski definition) is 1. The molecule has 1 aliphatic carbocycles. The van der Waals surface area contributed by atoms with Gasteiger partial charge in [0.2, 0.25) is 5.91 Å². The molecule has 126 valence electrons. The Hall–Kier alpha value is -1.85. The van der Waals surface area contributed by atoms with Gasteiger partial charge in [-0.2, -0.15) is 0 Å². The predicted molar refractivity (Wildman–Crippen MR) is 85.0 cm³/mol. The zero-order valence-corrected chi connectivity index (χ0v) is 13.9. The van der Waals surface area contributed by atoms with Crippen molar-refractivity contribution in [3.63, 3.8) is 0 Å². The Morgan fingerprint density at radius 3 is 2.83 bits per heavy atom. The Kier molecular flexibility index (Phi) is 4.68. The fourth-order valence-corrected chi connectivity index (χ4v) is 3.25. The molecule has 3 rings (SSSR count). The van der Waals surface area contributed by atoms with E-state index in [4.69, 9.17) is 4.52 Å². The molecule has 6 heteroatoms. The van der Waals surface area contributed by atoms with Crippen LogP contribution in [0.4, 0.5) is 0 Å². The van der Waals surface area contributed by atoms with E-state index >= 15 is 0 Å². The van der Waals surface area contributed by atoms with Crippen molar-refractivity contribution in [2.45, 2.75) is 70.4 Å². The second kappa shape index (κ2) is 6.72. The summed E-state index contributed by atoms with van der Waals surface area (Å²) in [5.74, 6) is 1.32. The molecule has 1 aromatic rings. The van der Waals surface area contributed by atoms with E-state index in [2.05, 4.69) is 10.5 Å². The molecular weight excluding hydrogens is 294 g/mol. The first kappa shape index (κ1) is 16.0. The zero-order chi connectivity index (χ0) is 16.4. The van der Waals surface area contributed by atoms with Crippen LogP contribution < -0.4 is 5.32 Å². The third-order valence-electron chi connectivity index (χ3n) is 4.74. The Morgan fingerprint density at radius 2 is 2.17 bits per heavy atom. The van der Waals surface area contributed by atoms with Gasteiger partial charge in [0.25, 0.3) is 5.91 Å². The molecule has 1 aromatic heterocycles. The number of hydrogen-bond acceptors (Lipinski definition) is 4. The third-order valence-corrected chi connectivity index (χ3v) is 4.74. The van der Waals surface area contributed by atoms with Gasteiger partial charge in [0.15, 0.2) is 5.69 Å². The summed E-state index contributed by atoms with van der Waals surface area (Å²) in [5.41, 5.74) is 0.365. The highest BCUT2D eigenvalue weighted by Crippen LogP contribution is 2.40. The van der Waals surface area contributed by atoms with Crippen molar-refractivity contribution in [2.24, 2.45) is 0 Å². The van der Waals surface area contributed by atoms with E-state index in [0.29, 0.717) is 24.6 Å². The van der Waals surface area contributed by atoms with E-state index in [0.717, 1.165) is 37.9 Å². The van der Waals surface area contributed by atoms with Crippen LogP contribution in [0.25, 0.3) is 0 Å². The normalized spacial score (nSPS) is 24.5. The van der Waals surface area contributed by atoms with E-state index in [1.165, 1.54) is 0 Å². The van der Waals surface area contributed by atoms with Crippen molar-refractivity contribution < 1.29 is 14.1 Å². The van der Waals surface area contributed by atoms with Crippen LogP contribution in [0.5, 0.6) is 0 Å². The predicted octanol–water partition coefficient (Wildman–Crippen LogP) is 2.46. The minimum Gasteiger partial charge on any atom is -0.360 e. The van der Waals surface area contributed by atoms with Crippen LogP contribution in [0.15, 0.2) is 10.6 Å². The van der Waals surface area contributed by atoms with Gasteiger partial charge in [0, 0.05) is 37.0 Å². The molecule has 2 heterocycles. The van der Waals surface area contributed by atoms with Gasteiger partial charge < -0.3 is 14.7 Å². The average Bonchev–Trinajstić information content (AvgIpc) is 3.24. The minimum atomic E-state index is -0.175. The first-order chi connectivity index (χ1) is 11.1. The van der Waals surface area contributed by atoms with Crippen molar-refractivity contribution in [1.29, 1.82) is 0 Å². The van der Waals surface area contributed by atoms with Gasteiger partial charge >= 0.3 is 0 Å². The SMILES string of the molecule is CCCC(=O)N1CC[C@H](NC(=O)c2cc(C3CC3)on2)C[C@@H]1C. The topological polar surface area (TPSA) is 75.4 Å². The number of piperidine rings is 1. The number of likely N-dealkylation sites (tertiary alicyclic amines) is 1. The molecule has 2 atom stereocenters. The van der Waals surface area contributed by atoms with Crippen molar-refractivity contribution in [1.82, 2.24) is 15.4 Å². The Bertz CT molecular complexity index is 579. The molecule has 1 saturated carbocycles. The Balaban J connectivity index is 1.52. The van der Waals surface area contributed by atoms with Gasteiger partial charge in [-0.3, -0.25) is 9.59 Å². The van der Waals surface area contributed by atoms with Crippen LogP contribution in [0.1, 0.15) is 74.5 Å². The second-order valence-electron chi connectivity index (χ2n) is 6.77. The minimum absolute atomic E-state index is 0.0873. The number of aromatic nitrogens is 1. The lowest BCUT2D eigenvalue weighted by molar-refractivity contribution is -0.134. The van der Waals surface area contributed by atoms with Crippen molar-refractivity contribution >= 4 is 11.8 Å². The van der Waals surface area contributed by atoms with Crippen LogP contribution in [-0.2, 0) is 4.79 Å². The lowest BCUT2D eigenvalue weighted by Gasteiger charge is -2.38. The summed E-state index contributed by atoms with van der Waals surface area (Å²) in [4.78, 5) is 26.3. The largest absolute Gasteiger partial charge is 0.360 e. The maximum absolute atomic E-state index is 12.3. The summed E-state index contributed by atoms with van der Waals surface area (Å²) in [6.45, 7) is 4.77. The molecule has 0 spiro atoms. The highest BCUT2D eigenvalue weighted by atomic mass is 16.5. The number of carbonyl (C=O) groups excluding carboxylic acids is 2. The molecule has 0 bridgehead atoms. The van der Waals surface area contributed by atoms with Crippen LogP contribution in [0.2, 0.25) is 0 Å². The van der Waals surface area contributed by atoms with E-state index in [1.807, 2.05) is 18.7 Å². The van der Waals surface area contributed by atoms with Crippen LogP contribution in [-0.4, -0.2) is 40.5 Å². The van der Waals surface area contributed by atoms with Crippen LogP contribution in [0, 0.1) is 0 Å². The van der Waals surface area contributed by atoms with E-state index in [1.54, 1.807) is 6.07 Å². The number of nitrogens with zero attached hydrogens (tertiary/aromatic N) is 2. The molecule has 1 N–H and O–H groups in total. The summed E-state index contributed by atoms with van der Waals surface area (Å²) in [6, 6.07) is 2.01. The molecule has 6 nitrogen and oxygen atoms in total. The summed E-state index contributed by atoms with van der Waals surface area (Å²) < 4.78 is 5.23. The van der Waals surface area contributed by atoms with Crippen molar-refractivity contribution in [2.75, 3.05) is 6.54 Å². The Labute approximate surface area is 136 Å². The molecule has 23 heavy (non-hydrogen) atoms. The lowest BCUT2D eigenvalue weighted by Crippen LogP contribution is -2.50. The molecule has 0 aromatic carbocycles. The smallest absolute Gasteiger partial charge is 0.273 e. The first-order valence-electron chi connectivity index (χ1n) is 8.65. The highest BCUT2D eigenvalue weighted by Gasteiger charge is 2.31. The van der Waals surface area contributed by atoms with Gasteiger partial charge in [0.1, 0.15) is 5.76 Å². The molecule has 1 aliphatic heterocycles. The highest BCUT2D eigenvalue weighted by molar-refractivity contribution is 5.92. The average molecular weight is 319 g/mol. The summed E-state index contributed by atoms with van der Waals surface area (Å²) >= 11 is 0. The van der Waals surface area contributed by atoms with Crippen LogP contribution in [0.3, 0.4) is 0 Å². The standard InChI is InChI=1S/C17H25N3O3/c1-3-4-16(21)20-8-7-13(9-11(20)2)18-17(22)14-10-15(23-19-14)12-5-6-12/h10-13H,3-9H2,1-2H3,(H,18,22)/t11-,13-/m0/s1.